The van der Waals surface area contributed by atoms with Crippen molar-refractivity contribution in [2.24, 2.45) is 0 Å². The van der Waals surface area contributed by atoms with E-state index in [9.17, 15) is 4.79 Å². The van der Waals surface area contributed by atoms with E-state index >= 15 is 0 Å². The van der Waals surface area contributed by atoms with Crippen molar-refractivity contribution >= 4 is 6.29 Å². The standard InChI is InChI=1S/C14H13NO/c16-11-14-8-13(9-15-10-14)7-6-12-4-2-1-3-5-12/h1-5,8-11H,6-7H2. The van der Waals surface area contributed by atoms with Gasteiger partial charge in [-0.3, -0.25) is 9.78 Å². The molecule has 0 aliphatic heterocycles. The smallest absolute Gasteiger partial charge is 0.151 e. The molecule has 0 unspecified atom stereocenters. The molecule has 0 aliphatic rings. The zero-order valence-corrected chi connectivity index (χ0v) is 8.97. The summed E-state index contributed by atoms with van der Waals surface area (Å²) in [4.78, 5) is 14.6. The zero-order valence-electron chi connectivity index (χ0n) is 8.97. The average Bonchev–Trinajstić information content (AvgIpc) is 2.38. The van der Waals surface area contributed by atoms with Gasteiger partial charge in [-0.05, 0) is 30.0 Å². The number of rotatable bonds is 4. The molecular weight excluding hydrogens is 198 g/mol. The summed E-state index contributed by atoms with van der Waals surface area (Å²) in [6, 6.07) is 12.2. The van der Waals surface area contributed by atoms with Crippen LogP contribution in [-0.4, -0.2) is 11.3 Å². The number of benzene rings is 1. The van der Waals surface area contributed by atoms with Crippen LogP contribution in [0.1, 0.15) is 21.5 Å². The number of pyridine rings is 1. The lowest BCUT2D eigenvalue weighted by Crippen LogP contribution is -1.93. The highest BCUT2D eigenvalue weighted by atomic mass is 16.1. The van der Waals surface area contributed by atoms with Gasteiger partial charge in [0.05, 0.1) is 0 Å². The summed E-state index contributed by atoms with van der Waals surface area (Å²) in [5, 5.41) is 0. The minimum Gasteiger partial charge on any atom is -0.298 e. The first-order chi connectivity index (χ1) is 7.88. The Hall–Kier alpha value is -1.96. The Kier molecular flexibility index (Phi) is 3.44. The molecule has 0 N–H and O–H groups in total. The third-order valence-corrected chi connectivity index (χ3v) is 2.50. The van der Waals surface area contributed by atoms with Crippen LogP contribution in [0.2, 0.25) is 0 Å². The van der Waals surface area contributed by atoms with E-state index in [0.29, 0.717) is 5.56 Å². The highest BCUT2D eigenvalue weighted by Gasteiger charge is 1.97. The number of nitrogens with zero attached hydrogens (tertiary/aromatic N) is 1. The van der Waals surface area contributed by atoms with Crippen molar-refractivity contribution in [2.75, 3.05) is 0 Å². The van der Waals surface area contributed by atoms with Gasteiger partial charge in [-0.2, -0.15) is 0 Å². The number of hydrogen-bond acceptors (Lipinski definition) is 2. The number of hydrogen-bond donors (Lipinski definition) is 0. The number of aromatic nitrogens is 1. The normalized spacial score (nSPS) is 10.0. The Bertz CT molecular complexity index is 465. The van der Waals surface area contributed by atoms with Gasteiger partial charge in [-0.1, -0.05) is 30.3 Å². The highest BCUT2D eigenvalue weighted by Crippen LogP contribution is 2.07. The van der Waals surface area contributed by atoms with Crippen molar-refractivity contribution in [1.82, 2.24) is 4.98 Å². The fraction of sp³-hybridized carbons (Fsp3) is 0.143. The summed E-state index contributed by atoms with van der Waals surface area (Å²) >= 11 is 0. The van der Waals surface area contributed by atoms with Gasteiger partial charge in [0.1, 0.15) is 0 Å². The molecule has 0 amide bonds. The Morgan fingerprint density at radius 2 is 1.75 bits per heavy atom. The first-order valence-electron chi connectivity index (χ1n) is 5.31. The largest absolute Gasteiger partial charge is 0.298 e. The maximum absolute atomic E-state index is 10.6. The van der Waals surface area contributed by atoms with Gasteiger partial charge in [0.2, 0.25) is 0 Å². The molecule has 0 fully saturated rings. The van der Waals surface area contributed by atoms with E-state index in [1.165, 1.54) is 5.56 Å². The van der Waals surface area contributed by atoms with Gasteiger partial charge >= 0.3 is 0 Å². The second-order valence-electron chi connectivity index (χ2n) is 3.73. The van der Waals surface area contributed by atoms with E-state index in [-0.39, 0.29) is 0 Å². The van der Waals surface area contributed by atoms with Crippen molar-refractivity contribution in [2.45, 2.75) is 12.8 Å². The number of carbonyl (C=O) groups excluding carboxylic acids is 1. The molecule has 16 heavy (non-hydrogen) atoms. The Balaban J connectivity index is 2.02. The summed E-state index contributed by atoms with van der Waals surface area (Å²) < 4.78 is 0. The topological polar surface area (TPSA) is 30.0 Å². The summed E-state index contributed by atoms with van der Waals surface area (Å²) in [5.74, 6) is 0. The maximum Gasteiger partial charge on any atom is 0.151 e. The zero-order chi connectivity index (χ0) is 11.2. The fourth-order valence-corrected chi connectivity index (χ4v) is 1.64. The maximum atomic E-state index is 10.6. The molecule has 1 aromatic carbocycles. The van der Waals surface area contributed by atoms with Crippen LogP contribution in [0.3, 0.4) is 0 Å². The summed E-state index contributed by atoms with van der Waals surface area (Å²) in [6.45, 7) is 0. The van der Waals surface area contributed by atoms with Gasteiger partial charge in [0.25, 0.3) is 0 Å². The molecule has 0 aliphatic carbocycles. The van der Waals surface area contributed by atoms with Gasteiger partial charge in [-0.15, -0.1) is 0 Å². The molecule has 0 radical (unpaired) electrons. The van der Waals surface area contributed by atoms with Crippen LogP contribution < -0.4 is 0 Å². The number of aldehydes is 1. The van der Waals surface area contributed by atoms with Gasteiger partial charge in [-0.25, -0.2) is 0 Å². The molecule has 2 aromatic rings. The van der Waals surface area contributed by atoms with Crippen molar-refractivity contribution in [1.29, 1.82) is 0 Å². The average molecular weight is 211 g/mol. The van der Waals surface area contributed by atoms with Crippen molar-refractivity contribution in [3.63, 3.8) is 0 Å². The van der Waals surface area contributed by atoms with Gasteiger partial charge in [0.15, 0.2) is 6.29 Å². The molecule has 80 valence electrons. The molecule has 1 aromatic heterocycles. The minimum absolute atomic E-state index is 0.644. The molecule has 2 heteroatoms. The van der Waals surface area contributed by atoms with E-state index in [2.05, 4.69) is 17.1 Å². The van der Waals surface area contributed by atoms with Crippen molar-refractivity contribution in [3.8, 4) is 0 Å². The van der Waals surface area contributed by atoms with Crippen LogP contribution in [0.25, 0.3) is 0 Å². The van der Waals surface area contributed by atoms with E-state index in [1.54, 1.807) is 6.20 Å². The molecule has 0 spiro atoms. The summed E-state index contributed by atoms with van der Waals surface area (Å²) in [5.41, 5.74) is 3.05. The van der Waals surface area contributed by atoms with E-state index in [1.807, 2.05) is 30.5 Å². The fourth-order valence-electron chi connectivity index (χ4n) is 1.64. The third-order valence-electron chi connectivity index (χ3n) is 2.50. The highest BCUT2D eigenvalue weighted by molar-refractivity contribution is 5.74. The summed E-state index contributed by atoms with van der Waals surface area (Å²) in [7, 11) is 0. The summed E-state index contributed by atoms with van der Waals surface area (Å²) in [6.07, 6.45) is 6.12. The quantitative estimate of drug-likeness (QED) is 0.728. The van der Waals surface area contributed by atoms with Crippen molar-refractivity contribution < 1.29 is 4.79 Å². The van der Waals surface area contributed by atoms with Crippen LogP contribution in [0.5, 0.6) is 0 Å². The molecule has 0 atom stereocenters. The van der Waals surface area contributed by atoms with Crippen LogP contribution in [0.15, 0.2) is 48.8 Å². The van der Waals surface area contributed by atoms with Gasteiger partial charge < -0.3 is 0 Å². The molecular formula is C14H13NO. The minimum atomic E-state index is 0.644. The molecule has 1 heterocycles. The molecule has 0 saturated heterocycles. The second kappa shape index (κ2) is 5.21. The van der Waals surface area contributed by atoms with Crippen LogP contribution in [0.4, 0.5) is 0 Å². The first-order valence-corrected chi connectivity index (χ1v) is 5.31. The van der Waals surface area contributed by atoms with Crippen LogP contribution >= 0.6 is 0 Å². The number of carbonyl (C=O) groups is 1. The monoisotopic (exact) mass is 211 g/mol. The molecule has 2 rings (SSSR count). The Labute approximate surface area is 95.0 Å². The lowest BCUT2D eigenvalue weighted by Gasteiger charge is -2.01. The molecule has 2 nitrogen and oxygen atoms in total. The molecule has 0 saturated carbocycles. The van der Waals surface area contributed by atoms with Gasteiger partial charge in [0, 0.05) is 18.0 Å². The SMILES string of the molecule is O=Cc1cncc(CCc2ccccc2)c1. The Morgan fingerprint density at radius 3 is 2.50 bits per heavy atom. The van der Waals surface area contributed by atoms with E-state index < -0.39 is 0 Å². The predicted octanol–water partition coefficient (Wildman–Crippen LogP) is 2.68. The number of aryl methyl sites for hydroxylation is 2. The van der Waals surface area contributed by atoms with Crippen LogP contribution in [0, 0.1) is 0 Å². The second-order valence-corrected chi connectivity index (χ2v) is 3.73. The van der Waals surface area contributed by atoms with Crippen molar-refractivity contribution in [3.05, 3.63) is 65.5 Å². The lowest BCUT2D eigenvalue weighted by molar-refractivity contribution is 0.112. The van der Waals surface area contributed by atoms with E-state index in [0.717, 1.165) is 24.7 Å². The van der Waals surface area contributed by atoms with Crippen LogP contribution in [-0.2, 0) is 12.8 Å². The lowest BCUT2D eigenvalue weighted by atomic mass is 10.1. The van der Waals surface area contributed by atoms with E-state index in [4.69, 9.17) is 0 Å². The molecule has 0 bridgehead atoms. The first kappa shape index (κ1) is 10.6. The Morgan fingerprint density at radius 1 is 1.00 bits per heavy atom. The third kappa shape index (κ3) is 2.76. The predicted molar refractivity (Wildman–Crippen MR) is 63.5 cm³/mol.